The minimum Gasteiger partial charge on any atom is -0.458 e. The largest absolute Gasteiger partial charge is 0.458 e. The van der Waals surface area contributed by atoms with E-state index in [1.165, 1.54) is 6.08 Å². The molecule has 0 spiro atoms. The minimum absolute atomic E-state index is 0.0272. The molecule has 2 fully saturated rings. The Kier molecular flexibility index (Phi) is 21.7. The van der Waals surface area contributed by atoms with Crippen LogP contribution in [0.25, 0.3) is 0 Å². The van der Waals surface area contributed by atoms with E-state index >= 15 is 0 Å². The van der Waals surface area contributed by atoms with Crippen LogP contribution in [0.3, 0.4) is 0 Å². The van der Waals surface area contributed by atoms with Gasteiger partial charge in [-0.2, -0.15) is 0 Å². The van der Waals surface area contributed by atoms with Crippen molar-refractivity contribution in [3.05, 3.63) is 36.0 Å². The van der Waals surface area contributed by atoms with Gasteiger partial charge in [-0.3, -0.25) is 0 Å². The van der Waals surface area contributed by atoms with E-state index in [4.69, 9.17) is 42.6 Å². The number of carbonyl (C=O) groups is 1. The highest BCUT2D eigenvalue weighted by Crippen LogP contribution is 2.35. The fraction of sp³-hybridized carbons (Fsp3) is 0.848. The fourth-order valence-electron chi connectivity index (χ4n) is 9.52. The quantitative estimate of drug-likeness (QED) is 0.132. The van der Waals surface area contributed by atoms with Gasteiger partial charge in [0, 0.05) is 71.5 Å². The first-order chi connectivity index (χ1) is 29.1. The Bertz CT molecular complexity index is 1380. The summed E-state index contributed by atoms with van der Waals surface area (Å²) in [5.41, 5.74) is 0.746. The van der Waals surface area contributed by atoms with Crippen LogP contribution in [0.1, 0.15) is 92.4 Å². The summed E-state index contributed by atoms with van der Waals surface area (Å²) in [5.74, 6) is -2.10. The maximum atomic E-state index is 13.7. The Morgan fingerprint density at radius 2 is 1.54 bits per heavy atom. The number of ether oxygens (including phenoxy) is 9. The molecule has 0 amide bonds. The zero-order valence-electron chi connectivity index (χ0n) is 38.0. The molecular weight excluding hydrogens is 792 g/mol. The molecule has 2 bridgehead atoms. The predicted molar refractivity (Wildman–Crippen MR) is 226 cm³/mol. The smallest absolute Gasteiger partial charge is 0.331 e. The van der Waals surface area contributed by atoms with Crippen LogP contribution in [0.4, 0.5) is 0 Å². The molecule has 15 nitrogen and oxygen atoms in total. The Balaban J connectivity index is 1.63. The molecule has 0 aromatic rings. The van der Waals surface area contributed by atoms with Gasteiger partial charge in [0.2, 0.25) is 0 Å². The third-order valence-electron chi connectivity index (χ3n) is 13.4. The van der Waals surface area contributed by atoms with Crippen molar-refractivity contribution < 1.29 is 73.0 Å². The Labute approximate surface area is 363 Å². The summed E-state index contributed by atoms with van der Waals surface area (Å²) in [4.78, 5) is 13.7. The van der Waals surface area contributed by atoms with E-state index in [1.54, 1.807) is 34.5 Å². The molecule has 19 atom stereocenters. The number of rotatable bonds is 13. The number of allylic oxidation sites excluding steroid dienone is 2. The molecule has 2 saturated heterocycles. The number of fused-ring (bicyclic) bond motifs is 2. The molecule has 0 aromatic carbocycles. The zero-order chi connectivity index (χ0) is 44.8. The zero-order valence-corrected chi connectivity index (χ0v) is 38.0. The molecule has 4 heterocycles. The molecule has 4 aliphatic rings. The van der Waals surface area contributed by atoms with E-state index in [9.17, 15) is 30.3 Å². The first-order valence-electron chi connectivity index (χ1n) is 22.4. The molecule has 0 saturated carbocycles. The molecule has 15 heteroatoms. The maximum Gasteiger partial charge on any atom is 0.331 e. The average molecular weight is 871 g/mol. The third-order valence-corrected chi connectivity index (χ3v) is 13.4. The van der Waals surface area contributed by atoms with Crippen LogP contribution in [0.2, 0.25) is 0 Å². The molecule has 352 valence electrons. The van der Waals surface area contributed by atoms with Gasteiger partial charge in [0.1, 0.15) is 24.4 Å². The first-order valence-corrected chi connectivity index (χ1v) is 22.4. The highest BCUT2D eigenvalue weighted by atomic mass is 16.7. The fourth-order valence-corrected chi connectivity index (χ4v) is 9.52. The van der Waals surface area contributed by atoms with E-state index < -0.39 is 84.9 Å². The van der Waals surface area contributed by atoms with Gasteiger partial charge in [-0.1, -0.05) is 50.6 Å². The highest BCUT2D eigenvalue weighted by Gasteiger charge is 2.42. The van der Waals surface area contributed by atoms with Crippen LogP contribution >= 0.6 is 0 Å². The molecule has 4 rings (SSSR count). The SMILES string of the molecule is CO[C@H]1C[C@H](CC[C@H](C)[C@H](O)[C@H](C)[C@H]2OC(=O)C=CC(C)=CC[C@H](O[C@H]3OC[C@@H](O)[C@H](O)[C@H]3O)C[C@@H]3C=CC[C@@H](C[C@H](OC)[C@@H](CO)[C@@H](OC)C[C@@H](OC)[C@@H]2C)O3)O[C@@H](C)C1. The number of hydrogen-bond acceptors (Lipinski definition) is 15. The van der Waals surface area contributed by atoms with Crippen LogP contribution in [0, 0.1) is 23.7 Å². The summed E-state index contributed by atoms with van der Waals surface area (Å²) in [6.07, 6.45) is 4.85. The molecule has 0 aliphatic carbocycles. The number of esters is 1. The minimum atomic E-state index is -1.47. The molecule has 0 unspecified atom stereocenters. The van der Waals surface area contributed by atoms with Crippen molar-refractivity contribution >= 4 is 5.97 Å². The molecular formula is C46H78O15. The lowest BCUT2D eigenvalue weighted by Gasteiger charge is -2.40. The van der Waals surface area contributed by atoms with Gasteiger partial charge in [0.15, 0.2) is 6.29 Å². The van der Waals surface area contributed by atoms with Gasteiger partial charge in [0.05, 0.1) is 74.3 Å². The third kappa shape index (κ3) is 15.1. The van der Waals surface area contributed by atoms with Gasteiger partial charge < -0.3 is 68.2 Å². The summed E-state index contributed by atoms with van der Waals surface area (Å²) in [6.45, 7) is 9.34. The van der Waals surface area contributed by atoms with Crippen molar-refractivity contribution in [1.29, 1.82) is 0 Å². The Morgan fingerprint density at radius 1 is 0.836 bits per heavy atom. The first kappa shape index (κ1) is 51.8. The van der Waals surface area contributed by atoms with Crippen LogP contribution in [-0.4, -0.2) is 165 Å². The van der Waals surface area contributed by atoms with E-state index in [0.29, 0.717) is 38.5 Å². The standard InChI is InChI=1S/C46H78O15/c1-26-13-16-34(60-46-44(52)43(51)37(48)25-57-46)20-31-11-10-12-32(59-31)22-39(55-8)36(24-47)40(56-9)23-38(54-7)29(4)45(61-41(49)18-14-26)30(5)42(50)27(2)15-17-33-21-35(53-6)19-28(3)58-33/h10-11,13-14,18,27-40,42-48,50-52H,12,15-17,19-25H2,1-9H3/t27-,28-,29-,30-,31-,32-,33-,34-,35+,36+,37+,38+,39-,40-,42-,43-,44+,45-,46+/m0/s1. The molecule has 4 aliphatic heterocycles. The van der Waals surface area contributed by atoms with E-state index in [0.717, 1.165) is 24.8 Å². The summed E-state index contributed by atoms with van der Waals surface area (Å²) in [5, 5.41) is 53.8. The summed E-state index contributed by atoms with van der Waals surface area (Å²) in [7, 11) is 6.54. The Morgan fingerprint density at radius 3 is 2.21 bits per heavy atom. The lowest BCUT2D eigenvalue weighted by Crippen LogP contribution is -2.54. The maximum absolute atomic E-state index is 13.7. The van der Waals surface area contributed by atoms with Crippen molar-refractivity contribution in [1.82, 2.24) is 0 Å². The van der Waals surface area contributed by atoms with Crippen LogP contribution in [0.15, 0.2) is 36.0 Å². The van der Waals surface area contributed by atoms with Crippen LogP contribution < -0.4 is 0 Å². The van der Waals surface area contributed by atoms with Crippen molar-refractivity contribution in [3.63, 3.8) is 0 Å². The summed E-state index contributed by atoms with van der Waals surface area (Å²) in [6, 6.07) is 0. The van der Waals surface area contributed by atoms with Crippen molar-refractivity contribution in [2.75, 3.05) is 41.7 Å². The van der Waals surface area contributed by atoms with Crippen molar-refractivity contribution in [2.45, 2.75) is 184 Å². The van der Waals surface area contributed by atoms with E-state index in [-0.39, 0.29) is 49.7 Å². The molecule has 0 radical (unpaired) electrons. The normalized spacial score (nSPS) is 40.4. The van der Waals surface area contributed by atoms with Crippen LogP contribution in [0.5, 0.6) is 0 Å². The average Bonchev–Trinajstić information content (AvgIpc) is 3.25. The van der Waals surface area contributed by atoms with Crippen molar-refractivity contribution in [3.8, 4) is 0 Å². The Hall–Kier alpha value is -1.83. The predicted octanol–water partition coefficient (Wildman–Crippen LogP) is 3.80. The van der Waals surface area contributed by atoms with E-state index in [2.05, 4.69) is 13.0 Å². The molecule has 0 aromatic heterocycles. The second-order valence-electron chi connectivity index (χ2n) is 17.9. The van der Waals surface area contributed by atoms with Gasteiger partial charge >= 0.3 is 5.97 Å². The summed E-state index contributed by atoms with van der Waals surface area (Å²) < 4.78 is 54.8. The molecule has 61 heavy (non-hydrogen) atoms. The number of cyclic esters (lactones) is 1. The van der Waals surface area contributed by atoms with Gasteiger partial charge in [0.25, 0.3) is 0 Å². The van der Waals surface area contributed by atoms with Gasteiger partial charge in [-0.05, 0) is 58.3 Å². The number of hydrogen-bond donors (Lipinski definition) is 5. The lowest BCUT2D eigenvalue weighted by atomic mass is 9.78. The topological polar surface area (TPSA) is 201 Å². The lowest BCUT2D eigenvalue weighted by molar-refractivity contribution is -0.284. The number of aliphatic hydroxyl groups is 5. The van der Waals surface area contributed by atoms with E-state index in [1.807, 2.05) is 39.8 Å². The summed E-state index contributed by atoms with van der Waals surface area (Å²) >= 11 is 0. The number of carbonyl (C=O) groups excluding carboxylic acids is 1. The molecule has 5 N–H and O–H groups in total. The second kappa shape index (κ2) is 25.6. The number of aliphatic hydroxyl groups excluding tert-OH is 5. The van der Waals surface area contributed by atoms with Gasteiger partial charge in [-0.25, -0.2) is 4.79 Å². The second-order valence-corrected chi connectivity index (χ2v) is 17.9. The van der Waals surface area contributed by atoms with Crippen LogP contribution in [-0.2, 0) is 47.4 Å². The van der Waals surface area contributed by atoms with Crippen molar-refractivity contribution in [2.24, 2.45) is 23.7 Å². The monoisotopic (exact) mass is 871 g/mol. The van der Waals surface area contributed by atoms with Gasteiger partial charge in [-0.15, -0.1) is 0 Å². The number of methoxy groups -OCH3 is 4. The highest BCUT2D eigenvalue weighted by molar-refractivity contribution is 5.82.